The molecule has 1 nitrogen and oxygen atoms in total. The first-order valence-corrected chi connectivity index (χ1v) is 4.77. The number of fused-ring (bicyclic) bond motifs is 1. The summed E-state index contributed by atoms with van der Waals surface area (Å²) in [4.78, 5) is 11.6. The summed E-state index contributed by atoms with van der Waals surface area (Å²) in [5, 5.41) is 0. The Labute approximate surface area is 83.8 Å². The predicted molar refractivity (Wildman–Crippen MR) is 57.9 cm³/mol. The molecule has 1 aliphatic rings. The summed E-state index contributed by atoms with van der Waals surface area (Å²) in [5.74, 6) is 0.128. The second-order valence-corrected chi connectivity index (χ2v) is 3.41. The van der Waals surface area contributed by atoms with Crippen LogP contribution in [0.5, 0.6) is 0 Å². The Morgan fingerprint density at radius 1 is 1.36 bits per heavy atom. The molecule has 70 valence electrons. The Morgan fingerprint density at radius 2 is 2.14 bits per heavy atom. The van der Waals surface area contributed by atoms with Gasteiger partial charge < -0.3 is 0 Å². The molecule has 0 radical (unpaired) electrons. The zero-order valence-corrected chi connectivity index (χ0v) is 8.16. The van der Waals surface area contributed by atoms with E-state index in [2.05, 4.69) is 6.07 Å². The van der Waals surface area contributed by atoms with Gasteiger partial charge in [-0.3, -0.25) is 4.79 Å². The van der Waals surface area contributed by atoms with Crippen LogP contribution in [-0.2, 0) is 11.2 Å². The zero-order chi connectivity index (χ0) is 9.97. The van der Waals surface area contributed by atoms with E-state index in [1.54, 1.807) is 12.2 Å². The smallest absolute Gasteiger partial charge is 0.181 e. The first-order valence-electron chi connectivity index (χ1n) is 4.77. The van der Waals surface area contributed by atoms with Crippen molar-refractivity contribution < 1.29 is 4.79 Å². The molecule has 0 N–H and O–H groups in total. The Balaban J connectivity index is 2.28. The largest absolute Gasteiger partial charge is 0.290 e. The Bertz CT molecular complexity index is 425. The Hall–Kier alpha value is -1.63. The third-order valence-electron chi connectivity index (χ3n) is 2.40. The van der Waals surface area contributed by atoms with E-state index in [4.69, 9.17) is 0 Å². The molecule has 1 heteroatoms. The molecule has 0 heterocycles. The highest BCUT2D eigenvalue weighted by atomic mass is 16.1. The molecule has 1 aromatic rings. The van der Waals surface area contributed by atoms with Crippen molar-refractivity contribution in [3.63, 3.8) is 0 Å². The van der Waals surface area contributed by atoms with E-state index in [1.807, 2.05) is 31.2 Å². The highest BCUT2D eigenvalue weighted by Gasteiger charge is 2.15. The van der Waals surface area contributed by atoms with E-state index >= 15 is 0 Å². The minimum Gasteiger partial charge on any atom is -0.290 e. The SMILES string of the molecule is CC=CC(=O)C1=Cc2ccccc2C1. The fourth-order valence-corrected chi connectivity index (χ4v) is 1.70. The Kier molecular flexibility index (Phi) is 2.32. The minimum absolute atomic E-state index is 0.128. The molecule has 0 saturated heterocycles. The fourth-order valence-electron chi connectivity index (χ4n) is 1.70. The van der Waals surface area contributed by atoms with E-state index in [1.165, 1.54) is 11.1 Å². The standard InChI is InChI=1S/C13H12O/c1-2-5-13(14)12-8-10-6-3-4-7-11(10)9-12/h2-8H,9H2,1H3. The van der Waals surface area contributed by atoms with Crippen molar-refractivity contribution >= 4 is 11.9 Å². The third kappa shape index (κ3) is 1.53. The van der Waals surface area contributed by atoms with Crippen LogP contribution in [0.25, 0.3) is 6.08 Å². The van der Waals surface area contributed by atoms with Crippen molar-refractivity contribution in [2.75, 3.05) is 0 Å². The van der Waals surface area contributed by atoms with Crippen LogP contribution in [0.1, 0.15) is 18.1 Å². The van der Waals surface area contributed by atoms with Crippen molar-refractivity contribution in [1.82, 2.24) is 0 Å². The second-order valence-electron chi connectivity index (χ2n) is 3.41. The van der Waals surface area contributed by atoms with Gasteiger partial charge in [-0.2, -0.15) is 0 Å². The van der Waals surface area contributed by atoms with Gasteiger partial charge in [-0.1, -0.05) is 30.3 Å². The van der Waals surface area contributed by atoms with Gasteiger partial charge in [0.15, 0.2) is 5.78 Å². The number of carbonyl (C=O) groups excluding carboxylic acids is 1. The predicted octanol–water partition coefficient (Wildman–Crippen LogP) is 2.77. The highest BCUT2D eigenvalue weighted by molar-refractivity contribution is 6.08. The molecule has 0 fully saturated rings. The van der Waals surface area contributed by atoms with Crippen molar-refractivity contribution in [3.05, 3.63) is 53.1 Å². The number of hydrogen-bond donors (Lipinski definition) is 0. The average molecular weight is 184 g/mol. The van der Waals surface area contributed by atoms with Crippen LogP contribution in [0.3, 0.4) is 0 Å². The van der Waals surface area contributed by atoms with Gasteiger partial charge in [-0.15, -0.1) is 0 Å². The molecule has 1 aromatic carbocycles. The molecular weight excluding hydrogens is 172 g/mol. The van der Waals surface area contributed by atoms with Crippen LogP contribution in [0.4, 0.5) is 0 Å². The second kappa shape index (κ2) is 3.62. The van der Waals surface area contributed by atoms with Gasteiger partial charge in [0.2, 0.25) is 0 Å². The van der Waals surface area contributed by atoms with Crippen LogP contribution in [0, 0.1) is 0 Å². The summed E-state index contributed by atoms with van der Waals surface area (Å²) in [5.41, 5.74) is 3.32. The van der Waals surface area contributed by atoms with Gasteiger partial charge in [0.1, 0.15) is 0 Å². The lowest BCUT2D eigenvalue weighted by Crippen LogP contribution is -1.97. The van der Waals surface area contributed by atoms with E-state index in [0.29, 0.717) is 0 Å². The van der Waals surface area contributed by atoms with E-state index < -0.39 is 0 Å². The lowest BCUT2D eigenvalue weighted by molar-refractivity contribution is -0.111. The summed E-state index contributed by atoms with van der Waals surface area (Å²) in [6, 6.07) is 8.13. The fraction of sp³-hybridized carbons (Fsp3) is 0.154. The van der Waals surface area contributed by atoms with Gasteiger partial charge in [-0.05, 0) is 30.2 Å². The molecule has 1 aliphatic carbocycles. The lowest BCUT2D eigenvalue weighted by atomic mass is 10.1. The number of ketones is 1. The minimum atomic E-state index is 0.128. The van der Waals surface area contributed by atoms with E-state index in [0.717, 1.165) is 12.0 Å². The maximum atomic E-state index is 11.6. The molecule has 0 bridgehead atoms. The van der Waals surface area contributed by atoms with Crippen molar-refractivity contribution in [2.45, 2.75) is 13.3 Å². The van der Waals surface area contributed by atoms with Crippen LogP contribution < -0.4 is 0 Å². The number of rotatable bonds is 2. The molecule has 0 aromatic heterocycles. The Morgan fingerprint density at radius 3 is 2.86 bits per heavy atom. The zero-order valence-electron chi connectivity index (χ0n) is 8.16. The maximum absolute atomic E-state index is 11.6. The van der Waals surface area contributed by atoms with Crippen molar-refractivity contribution in [1.29, 1.82) is 0 Å². The molecule has 14 heavy (non-hydrogen) atoms. The summed E-state index contributed by atoms with van der Waals surface area (Å²) in [6.07, 6.45) is 6.17. The summed E-state index contributed by atoms with van der Waals surface area (Å²) >= 11 is 0. The first-order chi connectivity index (χ1) is 6.81. The highest BCUT2D eigenvalue weighted by Crippen LogP contribution is 2.25. The van der Waals surface area contributed by atoms with Gasteiger partial charge >= 0.3 is 0 Å². The number of carbonyl (C=O) groups is 1. The number of allylic oxidation sites excluding steroid dienone is 3. The molecule has 0 spiro atoms. The van der Waals surface area contributed by atoms with Gasteiger partial charge in [0.25, 0.3) is 0 Å². The van der Waals surface area contributed by atoms with Crippen molar-refractivity contribution in [3.8, 4) is 0 Å². The third-order valence-corrected chi connectivity index (χ3v) is 2.40. The van der Waals surface area contributed by atoms with Crippen LogP contribution in [0.2, 0.25) is 0 Å². The molecule has 0 saturated carbocycles. The molecular formula is C13H12O. The van der Waals surface area contributed by atoms with Crippen LogP contribution >= 0.6 is 0 Å². The average Bonchev–Trinajstić information content (AvgIpc) is 2.61. The monoisotopic (exact) mass is 184 g/mol. The molecule has 0 atom stereocenters. The maximum Gasteiger partial charge on any atom is 0.181 e. The van der Waals surface area contributed by atoms with Gasteiger partial charge in [0.05, 0.1) is 0 Å². The van der Waals surface area contributed by atoms with Gasteiger partial charge in [-0.25, -0.2) is 0 Å². The number of hydrogen-bond acceptors (Lipinski definition) is 1. The van der Waals surface area contributed by atoms with Crippen LogP contribution in [0.15, 0.2) is 42.0 Å². The topological polar surface area (TPSA) is 17.1 Å². The quantitative estimate of drug-likeness (QED) is 0.646. The molecule has 0 unspecified atom stereocenters. The normalized spacial score (nSPS) is 14.2. The first kappa shape index (κ1) is 8.95. The van der Waals surface area contributed by atoms with Crippen LogP contribution in [-0.4, -0.2) is 5.78 Å². The molecule has 0 amide bonds. The van der Waals surface area contributed by atoms with E-state index in [-0.39, 0.29) is 5.78 Å². The summed E-state index contributed by atoms with van der Waals surface area (Å²) in [6.45, 7) is 1.86. The van der Waals surface area contributed by atoms with Gasteiger partial charge in [0, 0.05) is 12.0 Å². The number of benzene rings is 1. The van der Waals surface area contributed by atoms with E-state index in [9.17, 15) is 4.79 Å². The molecule has 0 aliphatic heterocycles. The van der Waals surface area contributed by atoms with Crippen molar-refractivity contribution in [2.24, 2.45) is 0 Å². The summed E-state index contributed by atoms with van der Waals surface area (Å²) in [7, 11) is 0. The molecule has 2 rings (SSSR count). The lowest BCUT2D eigenvalue weighted by Gasteiger charge is -1.95. The summed E-state index contributed by atoms with van der Waals surface area (Å²) < 4.78 is 0.